The minimum atomic E-state index is -4.60. The van der Waals surface area contributed by atoms with Gasteiger partial charge in [-0.2, -0.15) is 13.2 Å². The first kappa shape index (κ1) is 44.8. The molecule has 2 N–H and O–H groups in total. The number of aliphatic hydroxyl groups is 2. The standard InChI is InChI=1S/C51H61ClF3NO6S/c1-30(2)35-10-8-31(3)25-41(35)62-45(59)56(23-17-34-7-6-24-63-34)29-49(60)20-16-43-47(49,5)19-15-42-46(4)18-14-33(57)27-48(46)21-22-50(42,43)37(28-48)44(58)40-13-12-39(61-40)36-26-32(51(53,54)55)9-11-38(36)52/h6-7,9,11-13,21-22,24,26,28,30-31,33,35,41-43,57,60H,8,10,14-20,23,25,27,29H2,1-5H3. The molecule has 3 aromatic rings. The van der Waals surface area contributed by atoms with Crippen LogP contribution in [0.1, 0.15) is 120 Å². The number of furan rings is 1. The zero-order chi connectivity index (χ0) is 44.9. The third-order valence-corrected chi connectivity index (χ3v) is 18.7. The molecule has 11 unspecified atom stereocenters. The Labute approximate surface area is 378 Å². The number of hydrogen-bond donors (Lipinski definition) is 2. The summed E-state index contributed by atoms with van der Waals surface area (Å²) < 4.78 is 54.0. The van der Waals surface area contributed by atoms with Gasteiger partial charge in [-0.15, -0.1) is 11.3 Å². The van der Waals surface area contributed by atoms with Gasteiger partial charge in [-0.25, -0.2) is 4.79 Å². The summed E-state index contributed by atoms with van der Waals surface area (Å²) in [5.74, 6) is 0.575. The molecule has 0 aliphatic heterocycles. The maximum atomic E-state index is 15.3. The number of nitrogens with zero attached hydrogens (tertiary/aromatic N) is 1. The zero-order valence-corrected chi connectivity index (χ0v) is 38.6. The van der Waals surface area contributed by atoms with Crippen molar-refractivity contribution >= 4 is 34.8 Å². The predicted molar refractivity (Wildman–Crippen MR) is 238 cm³/mol. The van der Waals surface area contributed by atoms with E-state index in [-0.39, 0.29) is 69.8 Å². The lowest BCUT2D eigenvalue weighted by Crippen LogP contribution is -2.67. The van der Waals surface area contributed by atoms with Gasteiger partial charge in [-0.05, 0) is 141 Å². The number of Topliss-reactive ketones (excluding diaryl/α,β-unsaturated/α-hetero) is 1. The first-order chi connectivity index (χ1) is 29.7. The van der Waals surface area contributed by atoms with Crippen LogP contribution in [0, 0.1) is 51.2 Å². The van der Waals surface area contributed by atoms with Crippen LogP contribution in [0.15, 0.2) is 76.1 Å². The zero-order valence-electron chi connectivity index (χ0n) is 37.0. The third kappa shape index (κ3) is 7.19. The van der Waals surface area contributed by atoms with Crippen LogP contribution in [0.4, 0.5) is 18.0 Å². The molecule has 1 amide bonds. The van der Waals surface area contributed by atoms with Crippen LogP contribution in [0.2, 0.25) is 5.02 Å². The second kappa shape index (κ2) is 15.9. The van der Waals surface area contributed by atoms with E-state index >= 15 is 4.79 Å². The lowest BCUT2D eigenvalue weighted by molar-refractivity contribution is -0.175. The summed E-state index contributed by atoms with van der Waals surface area (Å²) in [6.07, 6.45) is 8.70. The fraction of sp³-hybridized carbons (Fsp3) is 0.608. The maximum absolute atomic E-state index is 15.3. The van der Waals surface area contributed by atoms with E-state index in [1.165, 1.54) is 18.2 Å². The van der Waals surface area contributed by atoms with Crippen molar-refractivity contribution in [1.29, 1.82) is 0 Å². The van der Waals surface area contributed by atoms with Gasteiger partial charge in [0, 0.05) is 38.8 Å². The van der Waals surface area contributed by atoms with Crippen molar-refractivity contribution in [1.82, 2.24) is 4.90 Å². The van der Waals surface area contributed by atoms with E-state index in [1.807, 2.05) is 11.4 Å². The molecule has 340 valence electrons. The second-order valence-electron chi connectivity index (χ2n) is 21.0. The number of allylic oxidation sites excluding steroid dienone is 4. The highest BCUT2D eigenvalue weighted by atomic mass is 35.5. The van der Waals surface area contributed by atoms with Gasteiger partial charge in [0.1, 0.15) is 11.9 Å². The van der Waals surface area contributed by atoms with Crippen LogP contribution < -0.4 is 0 Å². The Morgan fingerprint density at radius 1 is 1.00 bits per heavy atom. The lowest BCUT2D eigenvalue weighted by atomic mass is 9.32. The summed E-state index contributed by atoms with van der Waals surface area (Å²) in [5.41, 5.74) is -4.03. The molecule has 2 bridgehead atoms. The molecule has 2 heterocycles. The molecular formula is C51H61ClF3NO6S. The van der Waals surface area contributed by atoms with Crippen molar-refractivity contribution in [3.63, 3.8) is 0 Å². The Morgan fingerprint density at radius 3 is 2.48 bits per heavy atom. The van der Waals surface area contributed by atoms with Gasteiger partial charge >= 0.3 is 12.3 Å². The number of halogens is 4. The number of carbonyl (C=O) groups is 2. The molecule has 4 fully saturated rings. The summed E-state index contributed by atoms with van der Waals surface area (Å²) in [6.45, 7) is 11.6. The SMILES string of the molecule is CC1CCC(C(C)C)C(OC(=O)N(CCc2cccs2)CC2(O)CCC3C45C=CC6(C=C4C(=O)c4ccc(-c7cc(C(F)(F)F)ccc7Cl)o4)CC(O)CCC6(C)C5CCC32C)C1. The minimum absolute atomic E-state index is 0.000346. The number of carbonyl (C=O) groups excluding carboxylic acids is 2. The number of benzene rings is 1. The van der Waals surface area contributed by atoms with E-state index in [2.05, 4.69) is 58.9 Å². The normalized spacial score (nSPS) is 37.0. The number of thiophene rings is 1. The van der Waals surface area contributed by atoms with E-state index in [9.17, 15) is 28.2 Å². The molecule has 0 saturated heterocycles. The minimum Gasteiger partial charge on any atom is -0.453 e. The number of amides is 1. The van der Waals surface area contributed by atoms with Crippen molar-refractivity contribution in [2.45, 2.75) is 129 Å². The van der Waals surface area contributed by atoms with E-state index in [4.69, 9.17) is 20.8 Å². The van der Waals surface area contributed by atoms with Crippen molar-refractivity contribution in [3.8, 4) is 11.3 Å². The maximum Gasteiger partial charge on any atom is 0.416 e. The molecule has 1 aromatic carbocycles. The van der Waals surface area contributed by atoms with Gasteiger partial charge in [0.2, 0.25) is 5.78 Å². The second-order valence-corrected chi connectivity index (χ2v) is 22.4. The van der Waals surface area contributed by atoms with Crippen molar-refractivity contribution in [2.75, 3.05) is 13.1 Å². The Hall–Kier alpha value is -3.38. The molecule has 7 aliphatic rings. The number of aliphatic hydroxyl groups excluding tert-OH is 1. The summed E-state index contributed by atoms with van der Waals surface area (Å²) in [5, 5.41) is 26.6. The fourth-order valence-electron chi connectivity index (χ4n) is 13.9. The van der Waals surface area contributed by atoms with Crippen LogP contribution in [0.5, 0.6) is 0 Å². The Morgan fingerprint density at radius 2 is 1.75 bits per heavy atom. The molecule has 7 aliphatic carbocycles. The molecule has 2 aromatic heterocycles. The predicted octanol–water partition coefficient (Wildman–Crippen LogP) is 12.6. The van der Waals surface area contributed by atoms with Gasteiger partial charge in [0.25, 0.3) is 0 Å². The number of hydrogen-bond acceptors (Lipinski definition) is 7. The van der Waals surface area contributed by atoms with E-state index < -0.39 is 39.7 Å². The first-order valence-corrected chi connectivity index (χ1v) is 24.3. The molecule has 12 heteroatoms. The van der Waals surface area contributed by atoms with E-state index in [0.717, 1.165) is 49.1 Å². The van der Waals surface area contributed by atoms with Gasteiger partial charge in [0.05, 0.1) is 28.8 Å². The highest BCUT2D eigenvalue weighted by Gasteiger charge is 2.74. The van der Waals surface area contributed by atoms with Gasteiger partial charge < -0.3 is 24.3 Å². The third-order valence-electron chi connectivity index (χ3n) is 17.5. The fourth-order valence-corrected chi connectivity index (χ4v) is 14.8. The summed E-state index contributed by atoms with van der Waals surface area (Å²) in [6, 6.07) is 10.1. The molecule has 4 saturated carbocycles. The summed E-state index contributed by atoms with van der Waals surface area (Å²) >= 11 is 8.07. The van der Waals surface area contributed by atoms with Gasteiger partial charge in [-0.1, -0.05) is 76.9 Å². The van der Waals surface area contributed by atoms with Crippen molar-refractivity contribution < 1.29 is 42.1 Å². The number of fused-ring (bicyclic) bond motifs is 1. The summed E-state index contributed by atoms with van der Waals surface area (Å²) in [7, 11) is 0. The van der Waals surface area contributed by atoms with E-state index in [1.54, 1.807) is 16.2 Å². The Bertz CT molecular complexity index is 2310. The smallest absolute Gasteiger partial charge is 0.416 e. The highest BCUT2D eigenvalue weighted by Crippen LogP contribution is 2.78. The monoisotopic (exact) mass is 907 g/mol. The topological polar surface area (TPSA) is 100 Å². The van der Waals surface area contributed by atoms with Gasteiger partial charge in [-0.3, -0.25) is 4.79 Å². The number of ketones is 1. The summed E-state index contributed by atoms with van der Waals surface area (Å²) in [4.78, 5) is 32.7. The number of alkyl halides is 3. The number of rotatable bonds is 10. The quantitative estimate of drug-likeness (QED) is 0.155. The van der Waals surface area contributed by atoms with Crippen LogP contribution in [0.3, 0.4) is 0 Å². The van der Waals surface area contributed by atoms with E-state index in [0.29, 0.717) is 62.5 Å². The Balaban J connectivity index is 1.07. The molecule has 0 radical (unpaired) electrons. The molecular weight excluding hydrogens is 847 g/mol. The van der Waals surface area contributed by atoms with Crippen LogP contribution in [-0.2, 0) is 17.3 Å². The van der Waals surface area contributed by atoms with Crippen LogP contribution >= 0.6 is 22.9 Å². The number of ether oxygens (including phenoxy) is 1. The highest BCUT2D eigenvalue weighted by molar-refractivity contribution is 7.09. The Kier molecular flexibility index (Phi) is 11.3. The van der Waals surface area contributed by atoms with Gasteiger partial charge in [0.15, 0.2) is 5.76 Å². The molecule has 10 rings (SSSR count). The molecule has 63 heavy (non-hydrogen) atoms. The molecule has 7 nitrogen and oxygen atoms in total. The van der Waals surface area contributed by atoms with Crippen molar-refractivity contribution in [2.24, 2.45) is 51.2 Å². The van der Waals surface area contributed by atoms with Crippen LogP contribution in [0.25, 0.3) is 11.3 Å². The molecule has 11 atom stereocenters. The average molecular weight is 909 g/mol. The van der Waals surface area contributed by atoms with Crippen LogP contribution in [-0.4, -0.2) is 57.9 Å². The molecule has 2 spiro atoms. The largest absolute Gasteiger partial charge is 0.453 e. The lowest BCUT2D eigenvalue weighted by Gasteiger charge is -2.71. The average Bonchev–Trinajstić information content (AvgIpc) is 3.99. The van der Waals surface area contributed by atoms with Crippen molar-refractivity contribution in [3.05, 3.63) is 92.9 Å². The first-order valence-electron chi connectivity index (χ1n) is 23.1.